The number of aldehydes is 1. The van der Waals surface area contributed by atoms with Crippen LogP contribution in [0, 0.1) is 5.92 Å². The minimum atomic E-state index is -1.54. The van der Waals surface area contributed by atoms with Gasteiger partial charge >= 0.3 is 6.09 Å². The molecular formula is C17H33NO3Si. The van der Waals surface area contributed by atoms with E-state index >= 15 is 0 Å². The van der Waals surface area contributed by atoms with Gasteiger partial charge in [-0.2, -0.15) is 0 Å². The van der Waals surface area contributed by atoms with Gasteiger partial charge in [-0.1, -0.05) is 52.6 Å². The van der Waals surface area contributed by atoms with E-state index in [4.69, 9.17) is 4.74 Å². The van der Waals surface area contributed by atoms with Crippen molar-refractivity contribution >= 4 is 20.5 Å². The monoisotopic (exact) mass is 327 g/mol. The van der Waals surface area contributed by atoms with E-state index in [1.807, 2.05) is 13.0 Å². The van der Waals surface area contributed by atoms with Gasteiger partial charge < -0.3 is 14.8 Å². The van der Waals surface area contributed by atoms with E-state index in [1.165, 1.54) is 0 Å². The fraction of sp³-hybridized carbons (Fsp3) is 0.765. The summed E-state index contributed by atoms with van der Waals surface area (Å²) in [4.78, 5) is 23.1. The number of rotatable bonds is 5. The quantitative estimate of drug-likeness (QED) is 0.604. The van der Waals surface area contributed by atoms with Gasteiger partial charge in [-0.05, 0) is 25.8 Å². The molecule has 0 saturated heterocycles. The van der Waals surface area contributed by atoms with Gasteiger partial charge in [0.1, 0.15) is 11.9 Å². The van der Waals surface area contributed by atoms with Crippen LogP contribution in [-0.4, -0.2) is 32.1 Å². The number of hydrogen-bond acceptors (Lipinski definition) is 3. The van der Waals surface area contributed by atoms with Crippen LogP contribution in [0.1, 0.15) is 48.5 Å². The SMILES string of the molecule is C[C@@H](/C=C/[Si](C)(C)C(C)(C)C)[C@@H](C=O)NC(=O)OC(C)(C)C. The first kappa shape index (κ1) is 20.9. The lowest BCUT2D eigenvalue weighted by Crippen LogP contribution is -2.43. The van der Waals surface area contributed by atoms with Crippen LogP contribution in [0.15, 0.2) is 11.8 Å². The van der Waals surface area contributed by atoms with Crippen LogP contribution in [0.5, 0.6) is 0 Å². The van der Waals surface area contributed by atoms with Crippen LogP contribution in [0.2, 0.25) is 18.1 Å². The van der Waals surface area contributed by atoms with Gasteiger partial charge in [0.25, 0.3) is 0 Å². The van der Waals surface area contributed by atoms with Crippen molar-refractivity contribution in [2.45, 2.75) is 78.2 Å². The van der Waals surface area contributed by atoms with Crippen LogP contribution < -0.4 is 5.32 Å². The summed E-state index contributed by atoms with van der Waals surface area (Å²) in [6.45, 7) is 18.6. The third kappa shape index (κ3) is 7.25. The molecule has 0 bridgehead atoms. The highest BCUT2D eigenvalue weighted by Gasteiger charge is 2.32. The zero-order chi connectivity index (χ0) is 17.8. The molecule has 0 spiro atoms. The molecule has 0 rings (SSSR count). The molecule has 128 valence electrons. The lowest BCUT2D eigenvalue weighted by molar-refractivity contribution is -0.110. The number of nitrogens with one attached hydrogen (secondary N) is 1. The van der Waals surface area contributed by atoms with E-state index in [1.54, 1.807) is 20.8 Å². The van der Waals surface area contributed by atoms with Gasteiger partial charge in [0, 0.05) is 5.92 Å². The van der Waals surface area contributed by atoms with Gasteiger partial charge in [-0.3, -0.25) is 0 Å². The summed E-state index contributed by atoms with van der Waals surface area (Å²) in [6, 6.07) is -0.573. The molecule has 1 amide bonds. The van der Waals surface area contributed by atoms with E-state index in [-0.39, 0.29) is 11.0 Å². The zero-order valence-corrected chi connectivity index (χ0v) is 16.6. The Morgan fingerprint density at radius 2 is 1.64 bits per heavy atom. The number of alkyl carbamates (subject to hydrolysis) is 1. The Morgan fingerprint density at radius 3 is 2.00 bits per heavy atom. The van der Waals surface area contributed by atoms with Gasteiger partial charge in [-0.15, -0.1) is 0 Å². The molecule has 0 radical (unpaired) electrons. The summed E-state index contributed by atoms with van der Waals surface area (Å²) in [6.07, 6.45) is 2.26. The lowest BCUT2D eigenvalue weighted by atomic mass is 10.0. The van der Waals surface area contributed by atoms with Crippen LogP contribution >= 0.6 is 0 Å². The predicted molar refractivity (Wildman–Crippen MR) is 94.7 cm³/mol. The minimum Gasteiger partial charge on any atom is -0.444 e. The van der Waals surface area contributed by atoms with Crippen molar-refractivity contribution in [2.75, 3.05) is 0 Å². The highest BCUT2D eigenvalue weighted by molar-refractivity contribution is 6.84. The molecule has 5 heteroatoms. The molecule has 0 heterocycles. The molecule has 0 aromatic rings. The topological polar surface area (TPSA) is 55.4 Å². The number of carbonyl (C=O) groups excluding carboxylic acids is 2. The molecule has 4 nitrogen and oxygen atoms in total. The molecule has 2 atom stereocenters. The molecular weight excluding hydrogens is 294 g/mol. The molecule has 0 aromatic heterocycles. The maximum Gasteiger partial charge on any atom is 0.408 e. The molecule has 0 fully saturated rings. The Hall–Kier alpha value is -1.10. The van der Waals surface area contributed by atoms with E-state index in [9.17, 15) is 9.59 Å². The molecule has 22 heavy (non-hydrogen) atoms. The molecule has 0 aliphatic heterocycles. The maximum atomic E-state index is 11.8. The Balaban J connectivity index is 4.84. The van der Waals surface area contributed by atoms with E-state index in [0.717, 1.165) is 6.29 Å². The normalized spacial score (nSPS) is 16.2. The van der Waals surface area contributed by atoms with E-state index in [0.29, 0.717) is 0 Å². The smallest absolute Gasteiger partial charge is 0.408 e. The first-order valence-electron chi connectivity index (χ1n) is 7.84. The van der Waals surface area contributed by atoms with Crippen molar-refractivity contribution in [1.29, 1.82) is 0 Å². The Kier molecular flexibility index (Phi) is 7.07. The third-order valence-electron chi connectivity index (χ3n) is 4.15. The van der Waals surface area contributed by atoms with Crippen molar-refractivity contribution < 1.29 is 14.3 Å². The van der Waals surface area contributed by atoms with Crippen molar-refractivity contribution in [2.24, 2.45) is 5.92 Å². The second-order valence-electron chi connectivity index (χ2n) is 8.50. The van der Waals surface area contributed by atoms with Crippen molar-refractivity contribution in [1.82, 2.24) is 5.32 Å². The molecule has 0 unspecified atom stereocenters. The van der Waals surface area contributed by atoms with E-state index in [2.05, 4.69) is 44.9 Å². The molecule has 0 aliphatic rings. The van der Waals surface area contributed by atoms with E-state index < -0.39 is 25.8 Å². The van der Waals surface area contributed by atoms with Gasteiger partial charge in [-0.25, -0.2) is 4.79 Å². The molecule has 1 N–H and O–H groups in total. The average Bonchev–Trinajstić information content (AvgIpc) is 2.29. The number of carbonyl (C=O) groups is 2. The third-order valence-corrected chi connectivity index (χ3v) is 9.04. The summed E-state index contributed by atoms with van der Waals surface area (Å²) in [7, 11) is -1.54. The average molecular weight is 328 g/mol. The summed E-state index contributed by atoms with van der Waals surface area (Å²) in [5, 5.41) is 2.88. The number of ether oxygens (including phenoxy) is 1. The first-order valence-corrected chi connectivity index (χ1v) is 10.9. The van der Waals surface area contributed by atoms with Gasteiger partial charge in [0.2, 0.25) is 0 Å². The first-order chi connectivity index (χ1) is 9.69. The van der Waals surface area contributed by atoms with Gasteiger partial charge in [0.15, 0.2) is 0 Å². The maximum absolute atomic E-state index is 11.8. The van der Waals surface area contributed by atoms with Crippen LogP contribution in [0.3, 0.4) is 0 Å². The Bertz CT molecular complexity index is 417. The fourth-order valence-corrected chi connectivity index (χ4v) is 2.78. The standard InChI is InChI=1S/C17H33NO3Si/c1-13(10-11-22(8,9)17(5,6)7)14(12-19)18-15(20)21-16(2,3)4/h10-14H,1-9H3,(H,18,20)/b11-10+/t13-,14+/m0/s1. The second-order valence-corrected chi connectivity index (χ2v) is 13.8. The van der Waals surface area contributed by atoms with Gasteiger partial charge in [0.05, 0.1) is 14.1 Å². The van der Waals surface area contributed by atoms with Crippen LogP contribution in [0.4, 0.5) is 4.79 Å². The largest absolute Gasteiger partial charge is 0.444 e. The highest BCUT2D eigenvalue weighted by Crippen LogP contribution is 2.36. The molecule has 0 saturated carbocycles. The van der Waals surface area contributed by atoms with Crippen LogP contribution in [0.25, 0.3) is 0 Å². The minimum absolute atomic E-state index is 0.0702. The van der Waals surface area contributed by atoms with Crippen molar-refractivity contribution in [3.63, 3.8) is 0 Å². The molecule has 0 aliphatic carbocycles. The summed E-state index contributed by atoms with van der Waals surface area (Å²) >= 11 is 0. The molecule has 0 aromatic carbocycles. The predicted octanol–water partition coefficient (Wildman–Crippen LogP) is 4.32. The fourth-order valence-electron chi connectivity index (χ4n) is 1.50. The zero-order valence-electron chi connectivity index (χ0n) is 15.6. The number of amides is 1. The lowest BCUT2D eigenvalue weighted by Gasteiger charge is -2.34. The highest BCUT2D eigenvalue weighted by atomic mass is 28.3. The van der Waals surface area contributed by atoms with Crippen molar-refractivity contribution in [3.8, 4) is 0 Å². The summed E-state index contributed by atoms with van der Waals surface area (Å²) in [5.41, 5.74) is 1.68. The number of hydrogen-bond donors (Lipinski definition) is 1. The summed E-state index contributed by atoms with van der Waals surface area (Å²) < 4.78 is 5.20. The second kappa shape index (κ2) is 7.44. The Labute approximate surface area is 136 Å². The van der Waals surface area contributed by atoms with Crippen molar-refractivity contribution in [3.05, 3.63) is 11.8 Å². The Morgan fingerprint density at radius 1 is 1.14 bits per heavy atom. The van der Waals surface area contributed by atoms with Crippen LogP contribution in [-0.2, 0) is 9.53 Å². The summed E-state index contributed by atoms with van der Waals surface area (Å²) in [5.74, 6) is -0.0702.